The van der Waals surface area contributed by atoms with Crippen LogP contribution in [0.25, 0.3) is 44.5 Å². The number of H-pyrrole nitrogens is 2. The third kappa shape index (κ3) is 3.49. The number of nitrogens with one attached hydrogen (secondary N) is 3. The van der Waals surface area contributed by atoms with Gasteiger partial charge in [-0.25, -0.2) is 4.98 Å². The van der Waals surface area contributed by atoms with Crippen LogP contribution in [0.2, 0.25) is 0 Å². The van der Waals surface area contributed by atoms with Gasteiger partial charge in [0.1, 0.15) is 5.69 Å². The van der Waals surface area contributed by atoms with Crippen LogP contribution >= 0.6 is 0 Å². The Morgan fingerprint density at radius 2 is 1.76 bits per heavy atom. The molecular formula is C25H17N7O. The minimum Gasteiger partial charge on any atom is -0.353 e. The van der Waals surface area contributed by atoms with Crippen LogP contribution in [0, 0.1) is 0 Å². The van der Waals surface area contributed by atoms with E-state index in [1.54, 1.807) is 36.9 Å². The Morgan fingerprint density at radius 3 is 2.64 bits per heavy atom. The first-order chi connectivity index (χ1) is 16.2. The van der Waals surface area contributed by atoms with Crippen LogP contribution in [0.5, 0.6) is 0 Å². The quantitative estimate of drug-likeness (QED) is 0.371. The number of aromatic amines is 2. The summed E-state index contributed by atoms with van der Waals surface area (Å²) in [6, 6.07) is 16.9. The summed E-state index contributed by atoms with van der Waals surface area (Å²) in [5.74, 6) is -0.187. The van der Waals surface area contributed by atoms with E-state index in [9.17, 15) is 4.79 Å². The zero-order chi connectivity index (χ0) is 22.2. The third-order valence-corrected chi connectivity index (χ3v) is 5.46. The number of anilines is 1. The lowest BCUT2D eigenvalue weighted by Gasteiger charge is -2.07. The summed E-state index contributed by atoms with van der Waals surface area (Å²) in [5, 5.41) is 12.3. The molecule has 8 nitrogen and oxygen atoms in total. The molecule has 3 N–H and O–H groups in total. The molecule has 5 aromatic heterocycles. The number of carbonyl (C=O) groups excluding carboxylic acids is 1. The molecule has 5 heterocycles. The Balaban J connectivity index is 1.36. The molecule has 8 heteroatoms. The van der Waals surface area contributed by atoms with E-state index in [4.69, 9.17) is 0 Å². The molecule has 158 valence electrons. The second kappa shape index (κ2) is 7.69. The normalized spacial score (nSPS) is 11.2. The highest BCUT2D eigenvalue weighted by atomic mass is 16.1. The molecule has 33 heavy (non-hydrogen) atoms. The van der Waals surface area contributed by atoms with Gasteiger partial charge < -0.3 is 10.3 Å². The number of nitrogens with zero attached hydrogens (tertiary/aromatic N) is 4. The summed E-state index contributed by atoms with van der Waals surface area (Å²) in [4.78, 5) is 28.9. The largest absolute Gasteiger partial charge is 0.353 e. The SMILES string of the molecule is O=C(Nc1cncc(-c2cnc3[nH]nc(-c4cc5cnccc5[nH]4)c3c2)c1)c1ccccc1. The van der Waals surface area contributed by atoms with Gasteiger partial charge in [0.2, 0.25) is 0 Å². The number of pyridine rings is 3. The molecular weight excluding hydrogens is 414 g/mol. The van der Waals surface area contributed by atoms with Gasteiger partial charge in [0, 0.05) is 57.8 Å². The van der Waals surface area contributed by atoms with Gasteiger partial charge in [-0.2, -0.15) is 5.10 Å². The van der Waals surface area contributed by atoms with E-state index in [1.165, 1.54) is 0 Å². The van der Waals surface area contributed by atoms with Crippen LogP contribution in [0.3, 0.4) is 0 Å². The van der Waals surface area contributed by atoms with Gasteiger partial charge >= 0.3 is 0 Å². The monoisotopic (exact) mass is 431 g/mol. The molecule has 0 saturated carbocycles. The van der Waals surface area contributed by atoms with E-state index < -0.39 is 0 Å². The first kappa shape index (κ1) is 18.9. The zero-order valence-electron chi connectivity index (χ0n) is 17.3. The molecule has 0 aliphatic carbocycles. The van der Waals surface area contributed by atoms with Crippen LogP contribution in [0.4, 0.5) is 5.69 Å². The van der Waals surface area contributed by atoms with Crippen molar-refractivity contribution >= 4 is 33.5 Å². The maximum atomic E-state index is 12.5. The average Bonchev–Trinajstić information content (AvgIpc) is 3.48. The number of amides is 1. The second-order valence-corrected chi connectivity index (χ2v) is 7.62. The van der Waals surface area contributed by atoms with E-state index in [2.05, 4.69) is 35.5 Å². The molecule has 0 radical (unpaired) electrons. The lowest BCUT2D eigenvalue weighted by Crippen LogP contribution is -2.11. The number of benzene rings is 1. The highest BCUT2D eigenvalue weighted by molar-refractivity contribution is 6.04. The molecule has 1 aromatic carbocycles. The molecule has 0 saturated heterocycles. The first-order valence-electron chi connectivity index (χ1n) is 10.3. The first-order valence-corrected chi connectivity index (χ1v) is 10.3. The van der Waals surface area contributed by atoms with Crippen molar-refractivity contribution in [1.82, 2.24) is 30.1 Å². The second-order valence-electron chi connectivity index (χ2n) is 7.62. The fourth-order valence-corrected chi connectivity index (χ4v) is 3.83. The van der Waals surface area contributed by atoms with Crippen molar-refractivity contribution in [1.29, 1.82) is 0 Å². The minimum atomic E-state index is -0.187. The maximum Gasteiger partial charge on any atom is 0.255 e. The number of fused-ring (bicyclic) bond motifs is 2. The van der Waals surface area contributed by atoms with Crippen LogP contribution < -0.4 is 5.32 Å². The Labute approximate surface area is 187 Å². The number of hydrogen-bond donors (Lipinski definition) is 3. The average molecular weight is 431 g/mol. The summed E-state index contributed by atoms with van der Waals surface area (Å²) in [6.07, 6.45) is 8.70. The van der Waals surface area contributed by atoms with Gasteiger partial charge in [0.25, 0.3) is 5.91 Å². The summed E-state index contributed by atoms with van der Waals surface area (Å²) in [5.41, 5.74) is 6.23. The molecule has 0 unspecified atom stereocenters. The van der Waals surface area contributed by atoms with Crippen molar-refractivity contribution in [3.8, 4) is 22.5 Å². The highest BCUT2D eigenvalue weighted by Gasteiger charge is 2.14. The number of rotatable bonds is 4. The molecule has 0 aliphatic rings. The number of hydrogen-bond acceptors (Lipinski definition) is 5. The van der Waals surface area contributed by atoms with Crippen LogP contribution in [0.15, 0.2) is 85.6 Å². The minimum absolute atomic E-state index is 0.187. The van der Waals surface area contributed by atoms with Crippen LogP contribution in [-0.2, 0) is 0 Å². The molecule has 1 amide bonds. The van der Waals surface area contributed by atoms with Crippen molar-refractivity contribution in [2.75, 3.05) is 5.32 Å². The summed E-state index contributed by atoms with van der Waals surface area (Å²) in [6.45, 7) is 0. The van der Waals surface area contributed by atoms with Crippen molar-refractivity contribution < 1.29 is 4.79 Å². The van der Waals surface area contributed by atoms with Gasteiger partial charge in [-0.3, -0.25) is 19.9 Å². The topological polar surface area (TPSA) is 112 Å². The van der Waals surface area contributed by atoms with Gasteiger partial charge in [-0.15, -0.1) is 0 Å². The van der Waals surface area contributed by atoms with E-state index in [1.807, 2.05) is 48.7 Å². The third-order valence-electron chi connectivity index (χ3n) is 5.46. The van der Waals surface area contributed by atoms with Crippen molar-refractivity contribution in [3.05, 3.63) is 91.1 Å². The smallest absolute Gasteiger partial charge is 0.255 e. The van der Waals surface area contributed by atoms with Gasteiger partial charge in [-0.05, 0) is 36.4 Å². The van der Waals surface area contributed by atoms with E-state index in [0.717, 1.165) is 38.8 Å². The maximum absolute atomic E-state index is 12.5. The number of aromatic nitrogens is 6. The Morgan fingerprint density at radius 1 is 0.879 bits per heavy atom. The fraction of sp³-hybridized carbons (Fsp3) is 0. The lowest BCUT2D eigenvalue weighted by atomic mass is 10.1. The lowest BCUT2D eigenvalue weighted by molar-refractivity contribution is 0.102. The summed E-state index contributed by atoms with van der Waals surface area (Å²) < 4.78 is 0. The zero-order valence-corrected chi connectivity index (χ0v) is 17.3. The summed E-state index contributed by atoms with van der Waals surface area (Å²) >= 11 is 0. The van der Waals surface area contributed by atoms with Crippen molar-refractivity contribution in [2.24, 2.45) is 0 Å². The molecule has 0 aliphatic heterocycles. The van der Waals surface area contributed by atoms with Gasteiger partial charge in [-0.1, -0.05) is 18.2 Å². The Kier molecular flexibility index (Phi) is 4.40. The molecule has 0 bridgehead atoms. The predicted octanol–water partition coefficient (Wildman–Crippen LogP) is 4.82. The highest BCUT2D eigenvalue weighted by Crippen LogP contribution is 2.31. The molecule has 6 rings (SSSR count). The number of carbonyl (C=O) groups is 1. The van der Waals surface area contributed by atoms with Crippen LogP contribution in [-0.4, -0.2) is 36.0 Å². The van der Waals surface area contributed by atoms with E-state index in [-0.39, 0.29) is 5.91 Å². The van der Waals surface area contributed by atoms with Crippen molar-refractivity contribution in [3.63, 3.8) is 0 Å². The van der Waals surface area contributed by atoms with Crippen LogP contribution in [0.1, 0.15) is 10.4 Å². The fourth-order valence-electron chi connectivity index (χ4n) is 3.83. The van der Waals surface area contributed by atoms with E-state index >= 15 is 0 Å². The standard InChI is InChI=1S/C25H17N7O/c33-25(15-4-2-1-3-5-15)29-19-8-16(11-27-14-19)17-9-20-23(31-32-24(20)28-13-17)22-10-18-12-26-7-6-21(18)30-22/h1-14,30H,(H,29,33)(H,28,31,32). The molecule has 0 atom stereocenters. The Bertz CT molecular complexity index is 1590. The molecule has 6 aromatic rings. The Hall–Kier alpha value is -4.85. The van der Waals surface area contributed by atoms with Gasteiger partial charge in [0.05, 0.1) is 17.6 Å². The predicted molar refractivity (Wildman–Crippen MR) is 127 cm³/mol. The van der Waals surface area contributed by atoms with Crippen molar-refractivity contribution in [2.45, 2.75) is 0 Å². The van der Waals surface area contributed by atoms with Gasteiger partial charge in [0.15, 0.2) is 5.65 Å². The molecule has 0 fully saturated rings. The summed E-state index contributed by atoms with van der Waals surface area (Å²) in [7, 11) is 0. The molecule has 0 spiro atoms. The van der Waals surface area contributed by atoms with E-state index in [0.29, 0.717) is 16.9 Å².